The third kappa shape index (κ3) is 4.39. The van der Waals surface area contributed by atoms with E-state index in [1.165, 1.54) is 48.5 Å². The maximum absolute atomic E-state index is 12.2. The predicted octanol–water partition coefficient (Wildman–Crippen LogP) is 2.08. The van der Waals surface area contributed by atoms with Crippen molar-refractivity contribution in [2.45, 2.75) is 0 Å². The van der Waals surface area contributed by atoms with Crippen molar-refractivity contribution < 1.29 is 24.6 Å². The van der Waals surface area contributed by atoms with Crippen molar-refractivity contribution in [1.29, 1.82) is 0 Å². The maximum Gasteiger partial charge on any atom is 0.299 e. The van der Waals surface area contributed by atoms with E-state index in [1.54, 1.807) is 0 Å². The van der Waals surface area contributed by atoms with Crippen molar-refractivity contribution in [3.05, 3.63) is 74.3 Å². The summed E-state index contributed by atoms with van der Waals surface area (Å²) in [5.41, 5.74) is 0.148. The van der Waals surface area contributed by atoms with Crippen LogP contribution in [0.4, 0.5) is 5.69 Å². The summed E-state index contributed by atoms with van der Waals surface area (Å²) in [7, 11) is 0. The second-order valence-corrected chi connectivity index (χ2v) is 4.11. The van der Waals surface area contributed by atoms with Gasteiger partial charge in [0.15, 0.2) is 0 Å². The van der Waals surface area contributed by atoms with Crippen LogP contribution in [0, 0.1) is 20.2 Å². The molecule has 0 heterocycles. The zero-order valence-electron chi connectivity index (χ0n) is 11.4. The van der Waals surface area contributed by atoms with Crippen LogP contribution in [0.1, 0.15) is 10.4 Å². The first-order valence-electron chi connectivity index (χ1n) is 6.11. The molecule has 1 amide bonds. The number of rotatable bonds is 6. The molecule has 1 N–H and O–H groups in total. The normalized spacial score (nSPS) is 9.74. The standard InChI is InChI=1S/C13H9N3O7/c17-13(11-6-1-2-7-12(11)23-16(20)21)14-9-4-3-5-10(8-9)22-15(18)19/h1-8H,(H,14,17). The van der Waals surface area contributed by atoms with Crippen LogP contribution < -0.4 is 15.0 Å². The Morgan fingerprint density at radius 2 is 1.65 bits per heavy atom. The molecule has 23 heavy (non-hydrogen) atoms. The van der Waals surface area contributed by atoms with Crippen molar-refractivity contribution in [2.75, 3.05) is 5.32 Å². The Balaban J connectivity index is 2.19. The summed E-state index contributed by atoms with van der Waals surface area (Å²) in [6, 6.07) is 11.1. The Morgan fingerprint density at radius 1 is 0.957 bits per heavy atom. The van der Waals surface area contributed by atoms with Gasteiger partial charge in [0.1, 0.15) is 11.5 Å². The van der Waals surface area contributed by atoms with Gasteiger partial charge in [0.25, 0.3) is 16.1 Å². The number of carbonyl (C=O) groups excluding carboxylic acids is 1. The van der Waals surface area contributed by atoms with E-state index in [1.807, 2.05) is 0 Å². The topological polar surface area (TPSA) is 134 Å². The van der Waals surface area contributed by atoms with E-state index in [-0.39, 0.29) is 22.7 Å². The van der Waals surface area contributed by atoms with E-state index in [2.05, 4.69) is 15.0 Å². The van der Waals surface area contributed by atoms with E-state index in [0.29, 0.717) is 0 Å². The summed E-state index contributed by atoms with van der Waals surface area (Å²) >= 11 is 0. The SMILES string of the molecule is O=C(Nc1cccc(O[N+](=O)[O-])c1)c1ccccc1O[N+](=O)[O-]. The van der Waals surface area contributed by atoms with Crippen LogP contribution in [0.2, 0.25) is 0 Å². The van der Waals surface area contributed by atoms with E-state index in [9.17, 15) is 25.0 Å². The van der Waals surface area contributed by atoms with Crippen molar-refractivity contribution >= 4 is 11.6 Å². The number of nitrogens with zero attached hydrogens (tertiary/aromatic N) is 2. The minimum Gasteiger partial charge on any atom is -0.322 e. The average Bonchev–Trinajstić information content (AvgIpc) is 2.46. The predicted molar refractivity (Wildman–Crippen MR) is 76.1 cm³/mol. The van der Waals surface area contributed by atoms with Crippen molar-refractivity contribution in [1.82, 2.24) is 0 Å². The van der Waals surface area contributed by atoms with Gasteiger partial charge in [0.2, 0.25) is 0 Å². The molecule has 0 saturated carbocycles. The Bertz CT molecular complexity index is 763. The lowest BCUT2D eigenvalue weighted by atomic mass is 10.2. The van der Waals surface area contributed by atoms with Gasteiger partial charge >= 0.3 is 0 Å². The third-order valence-corrected chi connectivity index (χ3v) is 2.58. The highest BCUT2D eigenvalue weighted by Gasteiger charge is 2.14. The second kappa shape index (κ2) is 6.85. The summed E-state index contributed by atoms with van der Waals surface area (Å²) in [5.74, 6) is -0.990. The Hall–Kier alpha value is -3.69. The summed E-state index contributed by atoms with van der Waals surface area (Å²) in [6.45, 7) is 0. The van der Waals surface area contributed by atoms with E-state index < -0.39 is 16.1 Å². The molecule has 2 aromatic carbocycles. The summed E-state index contributed by atoms with van der Waals surface area (Å²) in [5, 5.41) is 21.1. The van der Waals surface area contributed by atoms with E-state index >= 15 is 0 Å². The van der Waals surface area contributed by atoms with Crippen molar-refractivity contribution in [3.63, 3.8) is 0 Å². The molecule has 2 aromatic rings. The van der Waals surface area contributed by atoms with Gasteiger partial charge in [-0.2, -0.15) is 0 Å². The average molecular weight is 319 g/mol. The lowest BCUT2D eigenvalue weighted by Gasteiger charge is -2.09. The number of para-hydroxylation sites is 1. The number of hydrogen-bond acceptors (Lipinski definition) is 7. The summed E-state index contributed by atoms with van der Waals surface area (Å²) in [4.78, 5) is 41.5. The van der Waals surface area contributed by atoms with Crippen LogP contribution >= 0.6 is 0 Å². The Kier molecular flexibility index (Phi) is 4.67. The maximum atomic E-state index is 12.2. The largest absolute Gasteiger partial charge is 0.322 e. The third-order valence-electron chi connectivity index (χ3n) is 2.58. The minimum atomic E-state index is -1.03. The van der Waals surface area contributed by atoms with Gasteiger partial charge in [-0.25, -0.2) is 0 Å². The molecule has 10 nitrogen and oxygen atoms in total. The van der Waals surface area contributed by atoms with Gasteiger partial charge < -0.3 is 5.32 Å². The van der Waals surface area contributed by atoms with E-state index in [4.69, 9.17) is 0 Å². The quantitative estimate of drug-likeness (QED) is 0.636. The fraction of sp³-hybridized carbons (Fsp3) is 0. The van der Waals surface area contributed by atoms with Gasteiger partial charge in [-0.1, -0.05) is 18.2 Å². The molecule has 0 aliphatic carbocycles. The van der Waals surface area contributed by atoms with Gasteiger partial charge in [-0.3, -0.25) is 14.5 Å². The smallest absolute Gasteiger partial charge is 0.299 e. The number of nitrogens with one attached hydrogen (secondary N) is 1. The van der Waals surface area contributed by atoms with Crippen LogP contribution in [-0.2, 0) is 0 Å². The van der Waals surface area contributed by atoms with Crippen LogP contribution in [0.5, 0.6) is 11.5 Å². The van der Waals surface area contributed by atoms with Crippen LogP contribution in [0.15, 0.2) is 48.5 Å². The molecule has 0 atom stereocenters. The monoisotopic (exact) mass is 319 g/mol. The number of amides is 1. The number of anilines is 1. The highest BCUT2D eigenvalue weighted by molar-refractivity contribution is 6.06. The van der Waals surface area contributed by atoms with Crippen molar-refractivity contribution in [3.8, 4) is 11.5 Å². The van der Waals surface area contributed by atoms with Gasteiger partial charge in [-0.15, -0.1) is 20.2 Å². The van der Waals surface area contributed by atoms with Gasteiger partial charge in [0, 0.05) is 5.69 Å². The molecule has 0 unspecified atom stereocenters. The zero-order chi connectivity index (χ0) is 16.8. The fourth-order valence-corrected chi connectivity index (χ4v) is 1.73. The molecule has 0 aliphatic rings. The Morgan fingerprint density at radius 3 is 2.35 bits per heavy atom. The molecule has 0 bridgehead atoms. The molecular weight excluding hydrogens is 310 g/mol. The first kappa shape index (κ1) is 15.7. The lowest BCUT2D eigenvalue weighted by Crippen LogP contribution is -2.15. The van der Waals surface area contributed by atoms with Crippen molar-refractivity contribution in [2.24, 2.45) is 0 Å². The number of hydrogen-bond donors (Lipinski definition) is 1. The number of benzene rings is 2. The summed E-state index contributed by atoms with van der Waals surface area (Å²) < 4.78 is 0. The zero-order valence-corrected chi connectivity index (χ0v) is 11.4. The molecule has 0 radical (unpaired) electrons. The summed E-state index contributed by atoms with van der Waals surface area (Å²) in [6.07, 6.45) is 0. The lowest BCUT2D eigenvalue weighted by molar-refractivity contribution is -0.711. The molecular formula is C13H9N3O7. The molecule has 0 saturated heterocycles. The first-order chi connectivity index (χ1) is 11.0. The fourth-order valence-electron chi connectivity index (χ4n) is 1.73. The number of carbonyl (C=O) groups is 1. The molecule has 0 fully saturated rings. The highest BCUT2D eigenvalue weighted by atomic mass is 17.0. The first-order valence-corrected chi connectivity index (χ1v) is 6.11. The molecule has 10 heteroatoms. The van der Waals surface area contributed by atoms with Crippen LogP contribution in [0.3, 0.4) is 0 Å². The minimum absolute atomic E-state index is 0.0650. The second-order valence-electron chi connectivity index (χ2n) is 4.11. The molecule has 0 spiro atoms. The van der Waals surface area contributed by atoms with Crippen LogP contribution in [0.25, 0.3) is 0 Å². The molecule has 0 aromatic heterocycles. The van der Waals surface area contributed by atoms with E-state index in [0.717, 1.165) is 0 Å². The highest BCUT2D eigenvalue weighted by Crippen LogP contribution is 2.22. The molecule has 2 rings (SSSR count). The van der Waals surface area contributed by atoms with Gasteiger partial charge in [0.05, 0.1) is 5.56 Å². The Labute approximate surface area is 128 Å². The van der Waals surface area contributed by atoms with Gasteiger partial charge in [-0.05, 0) is 30.3 Å². The van der Waals surface area contributed by atoms with Crippen LogP contribution in [-0.4, -0.2) is 16.1 Å². The molecule has 118 valence electrons. The molecule has 0 aliphatic heterocycles.